The van der Waals surface area contributed by atoms with Gasteiger partial charge < -0.3 is 10.5 Å². The summed E-state index contributed by atoms with van der Waals surface area (Å²) in [5.74, 6) is 0. The molecule has 1 unspecified atom stereocenters. The van der Waals surface area contributed by atoms with Gasteiger partial charge in [-0.1, -0.05) is 12.5 Å². The van der Waals surface area contributed by atoms with Crippen molar-refractivity contribution >= 4 is 6.47 Å². The largest absolute Gasteiger partial charge is 0.460 e. The van der Waals surface area contributed by atoms with Gasteiger partial charge in [-0.15, -0.1) is 0 Å². The van der Waals surface area contributed by atoms with Gasteiger partial charge in [0.1, 0.15) is 6.10 Å². The fourth-order valence-electron chi connectivity index (χ4n) is 1.31. The van der Waals surface area contributed by atoms with Gasteiger partial charge in [-0.05, 0) is 38.8 Å². The number of nitrogens with two attached hydrogens (primary N) is 1. The zero-order valence-corrected chi connectivity index (χ0v) is 8.24. The van der Waals surface area contributed by atoms with Crippen LogP contribution in [0.3, 0.4) is 0 Å². The molecule has 3 nitrogen and oxygen atoms in total. The van der Waals surface area contributed by atoms with E-state index in [-0.39, 0.29) is 6.10 Å². The van der Waals surface area contributed by atoms with Gasteiger partial charge in [-0.2, -0.15) is 0 Å². The van der Waals surface area contributed by atoms with Crippen LogP contribution in [-0.2, 0) is 9.53 Å². The summed E-state index contributed by atoms with van der Waals surface area (Å²) < 4.78 is 4.85. The molecule has 0 saturated heterocycles. The Labute approximate surface area is 79.9 Å². The number of rotatable bonds is 2. The third-order valence-electron chi connectivity index (χ3n) is 1.94. The van der Waals surface area contributed by atoms with Crippen LogP contribution >= 0.6 is 0 Å². The fraction of sp³-hybridized carbons (Fsp3) is 0.700. The molecule has 76 valence electrons. The van der Waals surface area contributed by atoms with E-state index in [1.165, 1.54) is 26.3 Å². The Morgan fingerprint density at radius 2 is 2.15 bits per heavy atom. The molecule has 0 radical (unpaired) electrons. The summed E-state index contributed by atoms with van der Waals surface area (Å²) in [6.45, 7) is 0.538. The summed E-state index contributed by atoms with van der Waals surface area (Å²) in [6, 6.07) is 0. The van der Waals surface area contributed by atoms with E-state index in [2.05, 4.69) is 11.8 Å². The summed E-state index contributed by atoms with van der Waals surface area (Å²) in [5, 5.41) is 0. The Balaban J connectivity index is 0.000000671. The second kappa shape index (κ2) is 9.26. The maximum absolute atomic E-state index is 10.0. The van der Waals surface area contributed by atoms with Crippen molar-refractivity contribution in [1.29, 1.82) is 0 Å². The number of carbonyl (C=O) groups excluding carboxylic acids is 1. The molecule has 0 aromatic heterocycles. The Hall–Kier alpha value is -0.830. The molecule has 1 aliphatic carbocycles. The summed E-state index contributed by atoms with van der Waals surface area (Å²) in [7, 11) is 1.50. The quantitative estimate of drug-likeness (QED) is 0.525. The molecule has 0 aliphatic heterocycles. The number of allylic oxidation sites excluding steroid dienone is 1. The maximum atomic E-state index is 10.0. The van der Waals surface area contributed by atoms with Crippen LogP contribution in [0.2, 0.25) is 0 Å². The lowest BCUT2D eigenvalue weighted by Crippen LogP contribution is -2.09. The van der Waals surface area contributed by atoms with Crippen LogP contribution in [0.1, 0.15) is 32.1 Å². The first-order valence-corrected chi connectivity index (χ1v) is 4.77. The van der Waals surface area contributed by atoms with Gasteiger partial charge in [0, 0.05) is 0 Å². The smallest absolute Gasteiger partial charge is 0.293 e. The molecule has 0 bridgehead atoms. The molecule has 3 heteroatoms. The zero-order valence-electron chi connectivity index (χ0n) is 8.24. The van der Waals surface area contributed by atoms with Gasteiger partial charge in [0.15, 0.2) is 0 Å². The summed E-state index contributed by atoms with van der Waals surface area (Å²) in [5.41, 5.74) is 4.50. The Kier molecular flexibility index (Phi) is 8.67. The average Bonchev–Trinajstić information content (AvgIpc) is 2.13. The van der Waals surface area contributed by atoms with Crippen LogP contribution in [0, 0.1) is 0 Å². The number of carbonyl (C=O) groups is 1. The van der Waals surface area contributed by atoms with Crippen molar-refractivity contribution in [2.45, 2.75) is 38.2 Å². The van der Waals surface area contributed by atoms with E-state index >= 15 is 0 Å². The highest BCUT2D eigenvalue weighted by atomic mass is 16.5. The summed E-state index contributed by atoms with van der Waals surface area (Å²) in [4.78, 5) is 10.0. The Bertz CT molecular complexity index is 146. The highest BCUT2D eigenvalue weighted by Gasteiger charge is 2.05. The van der Waals surface area contributed by atoms with Crippen molar-refractivity contribution in [1.82, 2.24) is 0 Å². The van der Waals surface area contributed by atoms with Crippen molar-refractivity contribution in [3.05, 3.63) is 12.2 Å². The van der Waals surface area contributed by atoms with Gasteiger partial charge in [0.2, 0.25) is 0 Å². The summed E-state index contributed by atoms with van der Waals surface area (Å²) >= 11 is 0. The predicted molar refractivity (Wildman–Crippen MR) is 53.3 cm³/mol. The van der Waals surface area contributed by atoms with Crippen LogP contribution in [0.5, 0.6) is 0 Å². The third kappa shape index (κ3) is 6.34. The monoisotopic (exact) mass is 185 g/mol. The molecule has 0 amide bonds. The first-order valence-electron chi connectivity index (χ1n) is 4.77. The van der Waals surface area contributed by atoms with E-state index < -0.39 is 0 Å². The van der Waals surface area contributed by atoms with E-state index in [0.717, 1.165) is 12.8 Å². The van der Waals surface area contributed by atoms with E-state index in [1.807, 2.05) is 6.08 Å². The molecule has 1 aliphatic rings. The lowest BCUT2D eigenvalue weighted by molar-refractivity contribution is -0.131. The highest BCUT2D eigenvalue weighted by molar-refractivity contribution is 5.38. The van der Waals surface area contributed by atoms with Gasteiger partial charge in [-0.25, -0.2) is 0 Å². The second-order valence-electron chi connectivity index (χ2n) is 2.84. The van der Waals surface area contributed by atoms with E-state index in [9.17, 15) is 4.79 Å². The van der Waals surface area contributed by atoms with Gasteiger partial charge in [0.05, 0.1) is 0 Å². The van der Waals surface area contributed by atoms with Crippen LogP contribution < -0.4 is 5.73 Å². The van der Waals surface area contributed by atoms with Crippen LogP contribution in [0.25, 0.3) is 0 Å². The molecule has 0 spiro atoms. The standard InChI is InChI=1S/C9H14O2.CH5N/c10-8-11-9-6-4-2-1-3-5-7-9;1-2/h4,6,8-9H,1-3,5,7H2;2H2,1H3/b6-4+;. The van der Waals surface area contributed by atoms with Crippen molar-refractivity contribution in [3.8, 4) is 0 Å². The fourth-order valence-corrected chi connectivity index (χ4v) is 1.31. The normalized spacial score (nSPS) is 24.3. The molecule has 13 heavy (non-hydrogen) atoms. The summed E-state index contributed by atoms with van der Waals surface area (Å²) in [6.07, 6.45) is 9.93. The average molecular weight is 185 g/mol. The van der Waals surface area contributed by atoms with Crippen LogP contribution in [-0.4, -0.2) is 19.6 Å². The highest BCUT2D eigenvalue weighted by Crippen LogP contribution is 2.13. The molecular weight excluding hydrogens is 166 g/mol. The van der Waals surface area contributed by atoms with Gasteiger partial charge in [-0.3, -0.25) is 4.79 Å². The minimum Gasteiger partial charge on any atom is -0.460 e. The van der Waals surface area contributed by atoms with Crippen LogP contribution in [0.15, 0.2) is 12.2 Å². The van der Waals surface area contributed by atoms with Gasteiger partial charge >= 0.3 is 0 Å². The molecule has 0 aromatic carbocycles. The first-order chi connectivity index (χ1) is 6.43. The van der Waals surface area contributed by atoms with Crippen molar-refractivity contribution in [2.75, 3.05) is 7.05 Å². The number of hydrogen-bond acceptors (Lipinski definition) is 3. The molecule has 0 fully saturated rings. The molecule has 0 saturated carbocycles. The first kappa shape index (κ1) is 12.2. The van der Waals surface area contributed by atoms with Crippen molar-refractivity contribution < 1.29 is 9.53 Å². The Morgan fingerprint density at radius 1 is 1.38 bits per heavy atom. The maximum Gasteiger partial charge on any atom is 0.293 e. The van der Waals surface area contributed by atoms with E-state index in [1.54, 1.807) is 0 Å². The van der Waals surface area contributed by atoms with Gasteiger partial charge in [0.25, 0.3) is 6.47 Å². The molecule has 0 aromatic rings. The zero-order chi connectivity index (χ0) is 9.94. The molecule has 0 heterocycles. The van der Waals surface area contributed by atoms with E-state index in [0.29, 0.717) is 6.47 Å². The SMILES string of the molecule is CN.O=COC1/C=C/CCCCC1. The lowest BCUT2D eigenvalue weighted by atomic mass is 10.0. The van der Waals surface area contributed by atoms with Crippen LogP contribution in [0.4, 0.5) is 0 Å². The topological polar surface area (TPSA) is 52.3 Å². The third-order valence-corrected chi connectivity index (χ3v) is 1.94. The minimum absolute atomic E-state index is 0.0350. The number of ether oxygens (including phenoxy) is 1. The molecule has 1 atom stereocenters. The minimum atomic E-state index is 0.0350. The molecule has 1 rings (SSSR count). The molecular formula is C10H19NO2. The second-order valence-corrected chi connectivity index (χ2v) is 2.84. The lowest BCUT2D eigenvalue weighted by Gasteiger charge is -2.12. The number of hydrogen-bond donors (Lipinski definition) is 1. The molecule has 2 N–H and O–H groups in total. The Morgan fingerprint density at radius 3 is 2.85 bits per heavy atom. The predicted octanol–water partition coefficient (Wildman–Crippen LogP) is 1.62. The van der Waals surface area contributed by atoms with E-state index in [4.69, 9.17) is 4.74 Å². The van der Waals surface area contributed by atoms with Crippen molar-refractivity contribution in [2.24, 2.45) is 5.73 Å². The van der Waals surface area contributed by atoms with Crippen molar-refractivity contribution in [3.63, 3.8) is 0 Å².